The fraction of sp³-hybridized carbons (Fsp3) is 0.778. The van der Waals surface area contributed by atoms with Crippen molar-refractivity contribution in [1.82, 2.24) is 4.90 Å². The summed E-state index contributed by atoms with van der Waals surface area (Å²) in [6, 6.07) is -2.20. The smallest absolute Gasteiger partial charge is 0.409 e. The number of nitrogens with zero attached hydrogens (tertiary/aromatic N) is 1. The van der Waals surface area contributed by atoms with Crippen molar-refractivity contribution in [2.45, 2.75) is 32.0 Å². The van der Waals surface area contributed by atoms with Gasteiger partial charge in [-0.25, -0.2) is 0 Å². The monoisotopic (exact) mass is 239 g/mol. The van der Waals surface area contributed by atoms with Crippen molar-refractivity contribution in [2.75, 3.05) is 6.54 Å². The van der Waals surface area contributed by atoms with E-state index in [1.807, 2.05) is 0 Å². The number of aliphatic carboxylic acids is 1. The molecule has 0 saturated carbocycles. The maximum atomic E-state index is 12.7. The zero-order valence-corrected chi connectivity index (χ0v) is 8.62. The highest BCUT2D eigenvalue weighted by atomic mass is 19.4. The van der Waals surface area contributed by atoms with E-state index in [1.54, 1.807) is 0 Å². The first-order valence-electron chi connectivity index (χ1n) is 4.88. The van der Waals surface area contributed by atoms with Gasteiger partial charge in [0.25, 0.3) is 0 Å². The fourth-order valence-electron chi connectivity index (χ4n) is 1.99. The lowest BCUT2D eigenvalue weighted by Crippen LogP contribution is -2.57. The van der Waals surface area contributed by atoms with Crippen LogP contribution in [0.25, 0.3) is 0 Å². The Morgan fingerprint density at radius 1 is 1.56 bits per heavy atom. The Balaban J connectivity index is 3.05. The minimum atomic E-state index is -4.70. The predicted octanol–water partition coefficient (Wildman–Crippen LogP) is 1.26. The second kappa shape index (κ2) is 4.31. The maximum absolute atomic E-state index is 12.7. The molecule has 0 aromatic heterocycles. The molecule has 1 aliphatic heterocycles. The number of piperidine rings is 1. The van der Waals surface area contributed by atoms with Crippen LogP contribution in [0.15, 0.2) is 0 Å². The van der Waals surface area contributed by atoms with Crippen molar-refractivity contribution >= 4 is 11.9 Å². The molecule has 1 amide bonds. The summed E-state index contributed by atoms with van der Waals surface area (Å²) >= 11 is 0. The first-order valence-corrected chi connectivity index (χ1v) is 4.88. The summed E-state index contributed by atoms with van der Waals surface area (Å²) in [5, 5.41) is 8.73. The average molecular weight is 239 g/mol. The SMILES string of the molecule is CCN1C(=O)CCC(C(=O)O)C1C(F)(F)F. The standard InChI is InChI=1S/C9H12F3NO3/c1-2-13-6(14)4-3-5(8(15)16)7(13)9(10,11)12/h5,7H,2-4H2,1H3,(H,15,16). The molecule has 0 aliphatic carbocycles. The zero-order valence-electron chi connectivity index (χ0n) is 8.62. The van der Waals surface area contributed by atoms with Crippen LogP contribution in [0, 0.1) is 5.92 Å². The van der Waals surface area contributed by atoms with Gasteiger partial charge in [-0.1, -0.05) is 0 Å². The van der Waals surface area contributed by atoms with Crippen LogP contribution in [0.5, 0.6) is 0 Å². The largest absolute Gasteiger partial charge is 0.481 e. The maximum Gasteiger partial charge on any atom is 0.409 e. The number of carboxylic acid groups (broad SMARTS) is 1. The Morgan fingerprint density at radius 2 is 2.12 bits per heavy atom. The Kier molecular flexibility index (Phi) is 3.44. The number of likely N-dealkylation sites (tertiary alicyclic amines) is 1. The number of hydrogen-bond donors (Lipinski definition) is 1. The van der Waals surface area contributed by atoms with E-state index in [0.717, 1.165) is 0 Å². The van der Waals surface area contributed by atoms with Crippen LogP contribution in [0.2, 0.25) is 0 Å². The molecule has 0 aromatic carbocycles. The molecule has 1 heterocycles. The molecule has 16 heavy (non-hydrogen) atoms. The Bertz CT molecular complexity index is 301. The second-order valence-corrected chi connectivity index (χ2v) is 3.65. The van der Waals surface area contributed by atoms with E-state index in [-0.39, 0.29) is 19.4 Å². The van der Waals surface area contributed by atoms with Gasteiger partial charge in [0.05, 0.1) is 5.92 Å². The molecule has 1 saturated heterocycles. The summed E-state index contributed by atoms with van der Waals surface area (Å²) in [5.74, 6) is -3.70. The Morgan fingerprint density at radius 3 is 2.50 bits per heavy atom. The summed E-state index contributed by atoms with van der Waals surface area (Å²) in [6.45, 7) is 1.27. The molecule has 1 fully saturated rings. The summed E-state index contributed by atoms with van der Waals surface area (Å²) < 4.78 is 38.1. The van der Waals surface area contributed by atoms with Crippen molar-refractivity contribution in [3.05, 3.63) is 0 Å². The molecule has 4 nitrogen and oxygen atoms in total. The topological polar surface area (TPSA) is 57.6 Å². The van der Waals surface area contributed by atoms with E-state index in [9.17, 15) is 22.8 Å². The van der Waals surface area contributed by atoms with Gasteiger partial charge in [-0.3, -0.25) is 9.59 Å². The van der Waals surface area contributed by atoms with Crippen molar-refractivity contribution in [1.29, 1.82) is 0 Å². The van der Waals surface area contributed by atoms with Crippen LogP contribution in [-0.4, -0.2) is 40.6 Å². The zero-order chi connectivity index (χ0) is 12.5. The van der Waals surface area contributed by atoms with Gasteiger partial charge in [0.2, 0.25) is 5.91 Å². The van der Waals surface area contributed by atoms with Crippen LogP contribution in [0.4, 0.5) is 13.2 Å². The molecule has 0 aromatic rings. The van der Waals surface area contributed by atoms with E-state index in [4.69, 9.17) is 5.11 Å². The number of rotatable bonds is 2. The molecule has 2 unspecified atom stereocenters. The second-order valence-electron chi connectivity index (χ2n) is 3.65. The minimum Gasteiger partial charge on any atom is -0.481 e. The highest BCUT2D eigenvalue weighted by molar-refractivity contribution is 5.81. The van der Waals surface area contributed by atoms with Crippen LogP contribution < -0.4 is 0 Å². The lowest BCUT2D eigenvalue weighted by molar-refractivity contribution is -0.212. The first kappa shape index (κ1) is 12.8. The predicted molar refractivity (Wildman–Crippen MR) is 47.6 cm³/mol. The molecule has 0 bridgehead atoms. The molecule has 92 valence electrons. The van der Waals surface area contributed by atoms with Gasteiger partial charge in [0, 0.05) is 13.0 Å². The number of carboxylic acids is 1. The van der Waals surface area contributed by atoms with Crippen molar-refractivity contribution in [3.63, 3.8) is 0 Å². The minimum absolute atomic E-state index is 0.132. The third-order valence-corrected chi connectivity index (χ3v) is 2.70. The summed E-state index contributed by atoms with van der Waals surface area (Å²) in [5.41, 5.74) is 0. The summed E-state index contributed by atoms with van der Waals surface area (Å²) in [4.78, 5) is 22.6. The highest BCUT2D eigenvalue weighted by Gasteiger charge is 2.54. The van der Waals surface area contributed by atoms with Crippen LogP contribution in [-0.2, 0) is 9.59 Å². The lowest BCUT2D eigenvalue weighted by atomic mass is 9.88. The van der Waals surface area contributed by atoms with Gasteiger partial charge in [-0.2, -0.15) is 13.2 Å². The Labute approximate surface area is 90.0 Å². The van der Waals surface area contributed by atoms with E-state index >= 15 is 0 Å². The number of carbonyl (C=O) groups excluding carboxylic acids is 1. The third-order valence-electron chi connectivity index (χ3n) is 2.70. The molecule has 1 aliphatic rings. The summed E-state index contributed by atoms with van der Waals surface area (Å²) in [7, 11) is 0. The van der Waals surface area contributed by atoms with Gasteiger partial charge in [-0.15, -0.1) is 0 Å². The number of hydrogen-bond acceptors (Lipinski definition) is 2. The first-order chi connectivity index (χ1) is 7.29. The quantitative estimate of drug-likeness (QED) is 0.789. The van der Waals surface area contributed by atoms with E-state index in [1.165, 1.54) is 6.92 Å². The van der Waals surface area contributed by atoms with E-state index < -0.39 is 30.0 Å². The molecule has 0 radical (unpaired) electrons. The molecule has 0 spiro atoms. The van der Waals surface area contributed by atoms with Gasteiger partial charge >= 0.3 is 12.1 Å². The number of alkyl halides is 3. The van der Waals surface area contributed by atoms with Crippen molar-refractivity contribution < 1.29 is 27.9 Å². The van der Waals surface area contributed by atoms with E-state index in [0.29, 0.717) is 4.90 Å². The van der Waals surface area contributed by atoms with Gasteiger partial charge in [0.1, 0.15) is 6.04 Å². The number of amides is 1. The van der Waals surface area contributed by atoms with Crippen LogP contribution in [0.1, 0.15) is 19.8 Å². The van der Waals surface area contributed by atoms with Gasteiger partial charge < -0.3 is 10.0 Å². The number of carbonyl (C=O) groups is 2. The highest BCUT2D eigenvalue weighted by Crippen LogP contribution is 2.36. The molecule has 1 N–H and O–H groups in total. The average Bonchev–Trinajstić information content (AvgIpc) is 2.15. The van der Waals surface area contributed by atoms with Crippen LogP contribution >= 0.6 is 0 Å². The molecular formula is C9H12F3NO3. The van der Waals surface area contributed by atoms with Gasteiger partial charge in [0.15, 0.2) is 0 Å². The normalized spacial score (nSPS) is 27.0. The fourth-order valence-corrected chi connectivity index (χ4v) is 1.99. The third kappa shape index (κ3) is 2.28. The molecular weight excluding hydrogens is 227 g/mol. The lowest BCUT2D eigenvalue weighted by Gasteiger charge is -2.39. The molecule has 1 rings (SSSR count). The van der Waals surface area contributed by atoms with E-state index in [2.05, 4.69) is 0 Å². The summed E-state index contributed by atoms with van der Waals surface area (Å²) in [6.07, 6.45) is -5.10. The number of halogens is 3. The van der Waals surface area contributed by atoms with Crippen molar-refractivity contribution in [2.24, 2.45) is 5.92 Å². The molecule has 2 atom stereocenters. The Hall–Kier alpha value is -1.27. The molecule has 7 heteroatoms. The van der Waals surface area contributed by atoms with Crippen LogP contribution in [0.3, 0.4) is 0 Å². The van der Waals surface area contributed by atoms with Gasteiger partial charge in [-0.05, 0) is 13.3 Å². The van der Waals surface area contributed by atoms with Crippen molar-refractivity contribution in [3.8, 4) is 0 Å².